The van der Waals surface area contributed by atoms with Crippen molar-refractivity contribution in [3.05, 3.63) is 60.8 Å². The lowest BCUT2D eigenvalue weighted by Crippen LogP contribution is -2.34. The molecule has 0 heterocycles. The Hall–Kier alpha value is -2.33. The van der Waals surface area contributed by atoms with Crippen molar-refractivity contribution in [2.45, 2.75) is 180 Å². The van der Waals surface area contributed by atoms with E-state index in [4.69, 9.17) is 29.4 Å². The van der Waals surface area contributed by atoms with Crippen LogP contribution in [0.15, 0.2) is 60.8 Å². The van der Waals surface area contributed by atoms with Gasteiger partial charge in [0.1, 0.15) is 12.1 Å². The number of hydrogen-bond acceptors (Lipinski definition) is 8. The molecule has 0 bridgehead atoms. The number of carboxylic acid groups (broad SMARTS) is 1. The molecular weight excluding hydrogens is 717 g/mol. The summed E-state index contributed by atoms with van der Waals surface area (Å²) in [4.78, 5) is 33.5. The third-order valence-electron chi connectivity index (χ3n) is 8.78. The first-order valence-electron chi connectivity index (χ1n) is 21.3. The number of esters is 1. The standard InChI is InChI=1S/C44H78NO9P/c1-3-5-7-9-11-13-15-17-18-19-20-21-22-23-25-27-29-31-33-35-37-51-38-41(39-52-55(49,50)53-40-42(45)44(47)48)54-43(46)36-34-32-30-28-26-24-16-14-12-10-8-6-4-2/h5,7,11,13-14,16-18,20-21,41-42H,3-4,6,8-10,12,15,19,22-40,45H2,1-2H3,(H,47,48)(H,49,50)/b7-5-,13-11-,16-14-,18-17-,21-20-. The number of unbranched alkanes of at least 4 members (excludes halogenated alkanes) is 16. The van der Waals surface area contributed by atoms with Gasteiger partial charge in [-0.2, -0.15) is 0 Å². The van der Waals surface area contributed by atoms with E-state index in [0.717, 1.165) is 89.9 Å². The highest BCUT2D eigenvalue weighted by atomic mass is 31.2. The second-order valence-corrected chi connectivity index (χ2v) is 15.5. The average molecular weight is 796 g/mol. The van der Waals surface area contributed by atoms with Gasteiger partial charge in [0.15, 0.2) is 0 Å². The van der Waals surface area contributed by atoms with Crippen LogP contribution in [-0.4, -0.2) is 60.5 Å². The topological polar surface area (TPSA) is 155 Å². The smallest absolute Gasteiger partial charge is 0.472 e. The number of ether oxygens (including phenoxy) is 2. The van der Waals surface area contributed by atoms with Crippen LogP contribution >= 0.6 is 7.82 Å². The summed E-state index contributed by atoms with van der Waals surface area (Å²) in [5, 5.41) is 8.89. The van der Waals surface area contributed by atoms with Crippen LogP contribution in [0.25, 0.3) is 0 Å². The fraction of sp³-hybridized carbons (Fsp3) is 0.727. The number of allylic oxidation sites excluding steroid dienone is 10. The van der Waals surface area contributed by atoms with Crippen LogP contribution in [0.3, 0.4) is 0 Å². The molecule has 0 rings (SSSR count). The zero-order chi connectivity index (χ0) is 40.5. The Kier molecular flexibility index (Phi) is 38.2. The van der Waals surface area contributed by atoms with Crippen molar-refractivity contribution in [2.24, 2.45) is 5.73 Å². The van der Waals surface area contributed by atoms with Crippen molar-refractivity contribution in [1.82, 2.24) is 0 Å². The molecule has 55 heavy (non-hydrogen) atoms. The Bertz CT molecular complexity index is 1100. The number of phosphoric ester groups is 1. The van der Waals surface area contributed by atoms with Crippen molar-refractivity contribution < 1.29 is 42.7 Å². The third-order valence-corrected chi connectivity index (χ3v) is 9.73. The molecule has 0 saturated heterocycles. The van der Waals surface area contributed by atoms with Crippen LogP contribution in [0.5, 0.6) is 0 Å². The number of aliphatic carboxylic acids is 1. The fourth-order valence-corrected chi connectivity index (χ4v) is 6.25. The second kappa shape index (κ2) is 39.9. The van der Waals surface area contributed by atoms with E-state index in [0.29, 0.717) is 13.0 Å². The molecular formula is C44H78NO9P. The summed E-state index contributed by atoms with van der Waals surface area (Å²) in [6, 6.07) is -1.48. The molecule has 0 aromatic carbocycles. The van der Waals surface area contributed by atoms with Gasteiger partial charge in [-0.1, -0.05) is 145 Å². The maximum Gasteiger partial charge on any atom is 0.472 e. The third kappa shape index (κ3) is 39.7. The molecule has 11 heteroatoms. The summed E-state index contributed by atoms with van der Waals surface area (Å²) in [6.45, 7) is 3.70. The van der Waals surface area contributed by atoms with Gasteiger partial charge >= 0.3 is 19.8 Å². The van der Waals surface area contributed by atoms with Gasteiger partial charge in [-0.05, 0) is 77.0 Å². The first-order chi connectivity index (χ1) is 26.7. The molecule has 0 saturated carbocycles. The van der Waals surface area contributed by atoms with E-state index < -0.39 is 45.1 Å². The highest BCUT2D eigenvalue weighted by Crippen LogP contribution is 2.43. The minimum Gasteiger partial charge on any atom is -0.480 e. The number of phosphoric acid groups is 1. The Morgan fingerprint density at radius 1 is 0.600 bits per heavy atom. The predicted molar refractivity (Wildman–Crippen MR) is 226 cm³/mol. The van der Waals surface area contributed by atoms with E-state index in [1.54, 1.807) is 0 Å². The Balaban J connectivity index is 4.26. The quantitative estimate of drug-likeness (QED) is 0.0236. The summed E-state index contributed by atoms with van der Waals surface area (Å²) in [7, 11) is -4.62. The zero-order valence-electron chi connectivity index (χ0n) is 34.5. The summed E-state index contributed by atoms with van der Waals surface area (Å²) in [5.41, 5.74) is 5.35. The van der Waals surface area contributed by atoms with Crippen LogP contribution in [0.1, 0.15) is 168 Å². The van der Waals surface area contributed by atoms with E-state index in [2.05, 4.69) is 74.6 Å². The van der Waals surface area contributed by atoms with Crippen molar-refractivity contribution in [3.8, 4) is 0 Å². The lowest BCUT2D eigenvalue weighted by atomic mass is 10.1. The first-order valence-corrected chi connectivity index (χ1v) is 22.8. The van der Waals surface area contributed by atoms with Gasteiger partial charge in [0, 0.05) is 13.0 Å². The number of carbonyl (C=O) groups excluding carboxylic acids is 1. The largest absolute Gasteiger partial charge is 0.480 e. The van der Waals surface area contributed by atoms with Crippen molar-refractivity contribution in [1.29, 1.82) is 0 Å². The minimum atomic E-state index is -4.62. The first kappa shape index (κ1) is 52.7. The highest BCUT2D eigenvalue weighted by molar-refractivity contribution is 7.47. The summed E-state index contributed by atoms with van der Waals surface area (Å²) >= 11 is 0. The molecule has 0 amide bonds. The number of carboxylic acids is 1. The molecule has 0 aliphatic rings. The number of nitrogens with two attached hydrogens (primary N) is 1. The molecule has 10 nitrogen and oxygen atoms in total. The number of hydrogen-bond donors (Lipinski definition) is 3. The molecule has 3 unspecified atom stereocenters. The van der Waals surface area contributed by atoms with Crippen LogP contribution in [0.2, 0.25) is 0 Å². The number of carbonyl (C=O) groups is 2. The highest BCUT2D eigenvalue weighted by Gasteiger charge is 2.27. The van der Waals surface area contributed by atoms with Gasteiger partial charge in [0.25, 0.3) is 0 Å². The fourth-order valence-electron chi connectivity index (χ4n) is 5.47. The van der Waals surface area contributed by atoms with Crippen LogP contribution < -0.4 is 5.73 Å². The van der Waals surface area contributed by atoms with Crippen molar-refractivity contribution in [3.63, 3.8) is 0 Å². The minimum absolute atomic E-state index is 0.00377. The molecule has 0 aromatic heterocycles. The molecule has 0 aliphatic heterocycles. The van der Waals surface area contributed by atoms with Gasteiger partial charge in [-0.3, -0.25) is 18.6 Å². The average Bonchev–Trinajstić information content (AvgIpc) is 3.16. The van der Waals surface area contributed by atoms with Gasteiger partial charge in [-0.25, -0.2) is 4.57 Å². The van der Waals surface area contributed by atoms with Crippen LogP contribution in [0, 0.1) is 0 Å². The normalized spacial score (nSPS) is 14.5. The van der Waals surface area contributed by atoms with E-state index in [1.807, 2.05) is 0 Å². The van der Waals surface area contributed by atoms with Gasteiger partial charge in [0.05, 0.1) is 19.8 Å². The molecule has 3 atom stereocenters. The predicted octanol–water partition coefficient (Wildman–Crippen LogP) is 11.6. The molecule has 0 aromatic rings. The summed E-state index contributed by atoms with van der Waals surface area (Å²) in [6.07, 6.45) is 47.0. The summed E-state index contributed by atoms with van der Waals surface area (Å²) < 4.78 is 33.3. The SMILES string of the molecule is CC/C=C\C/C=C\C/C=C\C/C=C\CCCCCCCCCOCC(COP(=O)(O)OCC(N)C(=O)O)OC(=O)CCCCCCC/C=C\CCCCCC. The maximum absolute atomic E-state index is 12.6. The van der Waals surface area contributed by atoms with Gasteiger partial charge < -0.3 is 25.2 Å². The molecule has 0 aliphatic carbocycles. The molecule has 318 valence electrons. The van der Waals surface area contributed by atoms with Crippen molar-refractivity contribution in [2.75, 3.05) is 26.4 Å². The van der Waals surface area contributed by atoms with E-state index in [-0.39, 0.29) is 13.0 Å². The van der Waals surface area contributed by atoms with Crippen LogP contribution in [-0.2, 0) is 32.7 Å². The Morgan fingerprint density at radius 2 is 1.05 bits per heavy atom. The lowest BCUT2D eigenvalue weighted by Gasteiger charge is -2.20. The molecule has 0 radical (unpaired) electrons. The summed E-state index contributed by atoms with van der Waals surface area (Å²) in [5.74, 6) is -1.80. The van der Waals surface area contributed by atoms with Crippen molar-refractivity contribution >= 4 is 19.8 Å². The zero-order valence-corrected chi connectivity index (χ0v) is 35.4. The second-order valence-electron chi connectivity index (χ2n) is 14.1. The Labute approximate surface area is 334 Å². The van der Waals surface area contributed by atoms with E-state index in [1.165, 1.54) is 51.4 Å². The monoisotopic (exact) mass is 796 g/mol. The van der Waals surface area contributed by atoms with Crippen LogP contribution in [0.4, 0.5) is 0 Å². The molecule has 0 fully saturated rings. The van der Waals surface area contributed by atoms with Gasteiger partial charge in [-0.15, -0.1) is 0 Å². The maximum atomic E-state index is 12.6. The van der Waals surface area contributed by atoms with E-state index >= 15 is 0 Å². The number of rotatable bonds is 40. The van der Waals surface area contributed by atoms with Gasteiger partial charge in [0.2, 0.25) is 0 Å². The Morgan fingerprint density at radius 3 is 1.60 bits per heavy atom. The molecule has 0 spiro atoms. The lowest BCUT2D eigenvalue weighted by molar-refractivity contribution is -0.154. The van der Waals surface area contributed by atoms with E-state index in [9.17, 15) is 19.0 Å². The molecule has 4 N–H and O–H groups in total.